The molecule has 0 aromatic carbocycles. The molecule has 1 aromatic heterocycles. The molecule has 1 saturated heterocycles. The highest BCUT2D eigenvalue weighted by atomic mass is 35.5. The van der Waals surface area contributed by atoms with Crippen LogP contribution in [0.2, 0.25) is 5.02 Å². The topological polar surface area (TPSA) is 28.2 Å². The van der Waals surface area contributed by atoms with Crippen molar-refractivity contribution in [2.45, 2.75) is 59.2 Å². The summed E-state index contributed by atoms with van der Waals surface area (Å²) in [6.45, 7) is 12.2. The van der Waals surface area contributed by atoms with E-state index in [0.29, 0.717) is 12.1 Å². The maximum Gasteiger partial charge on any atom is 0.0634 e. The summed E-state index contributed by atoms with van der Waals surface area (Å²) in [6.07, 6.45) is 6.02. The molecule has 0 saturated carbocycles. The third-order valence-corrected chi connectivity index (χ3v) is 4.77. The first-order chi connectivity index (χ1) is 9.91. The zero-order valence-electron chi connectivity index (χ0n) is 13.7. The standard InChI is InChI=1S/C17H28ClN3/c1-5-6-14-9-20-16(17(2,3)4)12-21(14)11-13-7-8-19-10-15(13)18/h7-8,10,14,16,20H,5-6,9,11-12H2,1-4H3. The van der Waals surface area contributed by atoms with Crippen molar-refractivity contribution in [1.29, 1.82) is 0 Å². The van der Waals surface area contributed by atoms with Crippen molar-refractivity contribution in [1.82, 2.24) is 15.2 Å². The molecule has 1 fully saturated rings. The smallest absolute Gasteiger partial charge is 0.0634 e. The lowest BCUT2D eigenvalue weighted by Crippen LogP contribution is -2.59. The predicted molar refractivity (Wildman–Crippen MR) is 89.6 cm³/mol. The average Bonchev–Trinajstić information content (AvgIpc) is 2.42. The highest BCUT2D eigenvalue weighted by Gasteiger charge is 2.33. The van der Waals surface area contributed by atoms with Gasteiger partial charge in [-0.2, -0.15) is 0 Å². The first kappa shape index (κ1) is 16.7. The zero-order valence-corrected chi connectivity index (χ0v) is 14.5. The Balaban J connectivity index is 2.12. The van der Waals surface area contributed by atoms with E-state index < -0.39 is 0 Å². The van der Waals surface area contributed by atoms with Crippen LogP contribution < -0.4 is 5.32 Å². The molecule has 0 radical (unpaired) electrons. The third-order valence-electron chi connectivity index (χ3n) is 4.43. The van der Waals surface area contributed by atoms with Gasteiger partial charge in [0.15, 0.2) is 0 Å². The molecule has 1 aliphatic rings. The van der Waals surface area contributed by atoms with Crippen LogP contribution in [0.15, 0.2) is 18.5 Å². The number of piperazine rings is 1. The maximum absolute atomic E-state index is 6.29. The summed E-state index contributed by atoms with van der Waals surface area (Å²) < 4.78 is 0. The van der Waals surface area contributed by atoms with E-state index in [1.807, 2.05) is 12.3 Å². The van der Waals surface area contributed by atoms with Crippen LogP contribution in [-0.2, 0) is 6.54 Å². The van der Waals surface area contributed by atoms with E-state index in [0.717, 1.165) is 24.7 Å². The Labute approximate surface area is 134 Å². The molecule has 1 aliphatic heterocycles. The number of nitrogens with zero attached hydrogens (tertiary/aromatic N) is 2. The van der Waals surface area contributed by atoms with Crippen LogP contribution in [0.3, 0.4) is 0 Å². The number of nitrogens with one attached hydrogen (secondary N) is 1. The third kappa shape index (κ3) is 4.41. The molecular formula is C17H28ClN3. The van der Waals surface area contributed by atoms with Crippen LogP contribution >= 0.6 is 11.6 Å². The Kier molecular flexibility index (Phi) is 5.64. The Bertz CT molecular complexity index is 456. The van der Waals surface area contributed by atoms with Crippen LogP contribution in [0, 0.1) is 5.41 Å². The fraction of sp³-hybridized carbons (Fsp3) is 0.706. The quantitative estimate of drug-likeness (QED) is 0.918. The minimum Gasteiger partial charge on any atom is -0.311 e. The van der Waals surface area contributed by atoms with Crippen LogP contribution in [0.4, 0.5) is 0 Å². The Morgan fingerprint density at radius 3 is 2.81 bits per heavy atom. The number of rotatable bonds is 4. The van der Waals surface area contributed by atoms with Gasteiger partial charge in [0.05, 0.1) is 5.02 Å². The van der Waals surface area contributed by atoms with Gasteiger partial charge in [-0.15, -0.1) is 0 Å². The van der Waals surface area contributed by atoms with Gasteiger partial charge < -0.3 is 5.32 Å². The Morgan fingerprint density at radius 2 is 2.19 bits per heavy atom. The van der Waals surface area contributed by atoms with Gasteiger partial charge in [0, 0.05) is 44.1 Å². The summed E-state index contributed by atoms with van der Waals surface area (Å²) in [7, 11) is 0. The fourth-order valence-corrected chi connectivity index (χ4v) is 3.18. The minimum absolute atomic E-state index is 0.275. The van der Waals surface area contributed by atoms with Crippen molar-refractivity contribution in [2.24, 2.45) is 5.41 Å². The van der Waals surface area contributed by atoms with Crippen molar-refractivity contribution in [2.75, 3.05) is 13.1 Å². The summed E-state index contributed by atoms with van der Waals surface area (Å²) >= 11 is 6.29. The summed E-state index contributed by atoms with van der Waals surface area (Å²) in [6, 6.07) is 3.16. The summed E-state index contributed by atoms with van der Waals surface area (Å²) in [5.41, 5.74) is 1.46. The monoisotopic (exact) mass is 309 g/mol. The molecule has 21 heavy (non-hydrogen) atoms. The second kappa shape index (κ2) is 7.08. The van der Waals surface area contributed by atoms with Gasteiger partial charge in [-0.05, 0) is 23.5 Å². The molecule has 0 spiro atoms. The van der Waals surface area contributed by atoms with Gasteiger partial charge >= 0.3 is 0 Å². The van der Waals surface area contributed by atoms with Crippen molar-refractivity contribution in [3.8, 4) is 0 Å². The van der Waals surface area contributed by atoms with Gasteiger partial charge in [-0.1, -0.05) is 45.7 Å². The number of hydrogen-bond donors (Lipinski definition) is 1. The zero-order chi connectivity index (χ0) is 15.5. The van der Waals surface area contributed by atoms with Gasteiger partial charge in [-0.25, -0.2) is 0 Å². The molecule has 3 nitrogen and oxygen atoms in total. The number of pyridine rings is 1. The van der Waals surface area contributed by atoms with E-state index in [-0.39, 0.29) is 5.41 Å². The fourth-order valence-electron chi connectivity index (χ4n) is 3.00. The Morgan fingerprint density at radius 1 is 1.43 bits per heavy atom. The first-order valence-electron chi connectivity index (χ1n) is 7.97. The van der Waals surface area contributed by atoms with Crippen LogP contribution in [-0.4, -0.2) is 35.1 Å². The van der Waals surface area contributed by atoms with Crippen LogP contribution in [0.25, 0.3) is 0 Å². The largest absolute Gasteiger partial charge is 0.311 e. The lowest BCUT2D eigenvalue weighted by atomic mass is 9.84. The Hall–Kier alpha value is -0.640. The normalized spacial score (nSPS) is 24.2. The summed E-state index contributed by atoms with van der Waals surface area (Å²) in [5, 5.41) is 4.51. The minimum atomic E-state index is 0.275. The molecular weight excluding hydrogens is 282 g/mol. The van der Waals surface area contributed by atoms with Gasteiger partial charge in [-0.3, -0.25) is 9.88 Å². The van der Waals surface area contributed by atoms with Crippen LogP contribution in [0.5, 0.6) is 0 Å². The first-order valence-corrected chi connectivity index (χ1v) is 8.35. The number of halogens is 1. The van der Waals surface area contributed by atoms with Gasteiger partial charge in [0.2, 0.25) is 0 Å². The van der Waals surface area contributed by atoms with E-state index in [1.54, 1.807) is 6.20 Å². The second-order valence-corrected chi connectivity index (χ2v) is 7.57. The molecule has 0 aliphatic carbocycles. The SMILES string of the molecule is CCCC1CNC(C(C)(C)C)CN1Cc1ccncc1Cl. The lowest BCUT2D eigenvalue weighted by molar-refractivity contribution is 0.0748. The molecule has 1 N–H and O–H groups in total. The molecule has 1 aromatic rings. The number of hydrogen-bond acceptors (Lipinski definition) is 3. The maximum atomic E-state index is 6.29. The van der Waals surface area contributed by atoms with Crippen molar-refractivity contribution in [3.05, 3.63) is 29.0 Å². The van der Waals surface area contributed by atoms with Crippen molar-refractivity contribution >= 4 is 11.6 Å². The number of aromatic nitrogens is 1. The van der Waals surface area contributed by atoms with E-state index in [4.69, 9.17) is 11.6 Å². The molecule has 2 unspecified atom stereocenters. The molecule has 118 valence electrons. The summed E-state index contributed by atoms with van der Waals surface area (Å²) in [4.78, 5) is 6.68. The van der Waals surface area contributed by atoms with E-state index in [1.165, 1.54) is 18.4 Å². The average molecular weight is 310 g/mol. The van der Waals surface area contributed by atoms with E-state index in [9.17, 15) is 0 Å². The molecule has 0 amide bonds. The molecule has 0 bridgehead atoms. The van der Waals surface area contributed by atoms with Crippen LogP contribution in [0.1, 0.15) is 46.1 Å². The van der Waals surface area contributed by atoms with Gasteiger partial charge in [0.25, 0.3) is 0 Å². The molecule has 2 rings (SSSR count). The summed E-state index contributed by atoms with van der Waals surface area (Å²) in [5.74, 6) is 0. The second-order valence-electron chi connectivity index (χ2n) is 7.17. The predicted octanol–water partition coefficient (Wildman–Crippen LogP) is 3.72. The molecule has 2 atom stereocenters. The highest BCUT2D eigenvalue weighted by Crippen LogP contribution is 2.27. The van der Waals surface area contributed by atoms with E-state index >= 15 is 0 Å². The van der Waals surface area contributed by atoms with E-state index in [2.05, 4.69) is 42.9 Å². The molecule has 2 heterocycles. The lowest BCUT2D eigenvalue weighted by Gasteiger charge is -2.45. The van der Waals surface area contributed by atoms with Gasteiger partial charge in [0.1, 0.15) is 0 Å². The van der Waals surface area contributed by atoms with Crippen molar-refractivity contribution in [3.63, 3.8) is 0 Å². The highest BCUT2D eigenvalue weighted by molar-refractivity contribution is 6.31. The van der Waals surface area contributed by atoms with Crippen molar-refractivity contribution < 1.29 is 0 Å². The molecule has 4 heteroatoms.